The maximum Gasteiger partial charge on any atom is 1.00 e. The summed E-state index contributed by atoms with van der Waals surface area (Å²) in [6.07, 6.45) is -3.04. The van der Waals surface area contributed by atoms with Crippen molar-refractivity contribution in [1.29, 1.82) is 0 Å². The third kappa shape index (κ3) is 67.8. The van der Waals surface area contributed by atoms with E-state index in [1.54, 1.807) is 0 Å². The minimum atomic E-state index is -2.08. The summed E-state index contributed by atoms with van der Waals surface area (Å²) in [4.78, 5) is 8.44. The van der Waals surface area contributed by atoms with Gasteiger partial charge in [0.25, 0.3) is 0 Å². The van der Waals surface area contributed by atoms with E-state index in [2.05, 4.69) is 21.1 Å². The molecule has 0 aromatic carbocycles. The van der Waals surface area contributed by atoms with E-state index in [4.69, 9.17) is 35.4 Å². The summed E-state index contributed by atoms with van der Waals surface area (Å²) in [5, 5.41) is 47.7. The molecular formula is C9H23ClKNO7. The molecule has 0 bridgehead atoms. The maximum absolute atomic E-state index is 8.44. The molecule has 0 aliphatic heterocycles. The van der Waals surface area contributed by atoms with Crippen molar-refractivity contribution in [3.8, 4) is 0 Å². The standard InChI is InChI=1S/C5H14NO.C3H8O3.CH2O3.ClH.K/c1-6(2,3)4-5-7;4-1-3(6)2-5;2-1(3)4;;/h7H,4-5H2,1-3H3;3-6H,1-2H2;(H2,2,3,4);1H;/q+1;;;;+1/p-2. The summed E-state index contributed by atoms with van der Waals surface area (Å²) in [6.45, 7) is 0.385. The van der Waals surface area contributed by atoms with Crippen LogP contribution in [0.4, 0.5) is 4.79 Å². The predicted octanol–water partition coefficient (Wildman–Crippen LogP) is -9.09. The molecule has 19 heavy (non-hydrogen) atoms. The van der Waals surface area contributed by atoms with Gasteiger partial charge in [-0.05, 0) is 0 Å². The molecule has 0 aromatic rings. The van der Waals surface area contributed by atoms with Crippen LogP contribution in [0.2, 0.25) is 0 Å². The molecular weight excluding hydrogens is 309 g/mol. The molecule has 8 nitrogen and oxygen atoms in total. The van der Waals surface area contributed by atoms with Crippen molar-refractivity contribution < 1.29 is 104 Å². The molecule has 0 fully saturated rings. The monoisotopic (exact) mass is 331 g/mol. The number of aliphatic hydroxyl groups excluding tert-OH is 4. The normalized spacial score (nSPS) is 8.84. The molecule has 114 valence electrons. The zero-order chi connectivity index (χ0) is 14.5. The minimum absolute atomic E-state index is 0. The van der Waals surface area contributed by atoms with Crippen molar-refractivity contribution in [2.24, 2.45) is 0 Å². The van der Waals surface area contributed by atoms with E-state index in [0.29, 0.717) is 0 Å². The molecule has 5 N–H and O–H groups in total. The SMILES string of the molecule is C[N+](C)(C)CCO.O=C([O-])O.OCC(O)CO.[Cl-].[K+]. The van der Waals surface area contributed by atoms with E-state index >= 15 is 0 Å². The van der Waals surface area contributed by atoms with Gasteiger partial charge in [-0.15, -0.1) is 0 Å². The fraction of sp³-hybridized carbons (Fsp3) is 0.889. The first-order valence-electron chi connectivity index (χ1n) is 4.81. The molecule has 0 aromatic heterocycles. The van der Waals surface area contributed by atoms with Gasteiger partial charge in [0.15, 0.2) is 0 Å². The van der Waals surface area contributed by atoms with Gasteiger partial charge < -0.3 is 52.3 Å². The number of halogens is 1. The van der Waals surface area contributed by atoms with Gasteiger partial charge in [-0.1, -0.05) is 0 Å². The van der Waals surface area contributed by atoms with Crippen LogP contribution in [-0.2, 0) is 0 Å². The molecule has 0 heterocycles. The third-order valence-corrected chi connectivity index (χ3v) is 1.19. The molecule has 0 saturated carbocycles. The average molecular weight is 332 g/mol. The van der Waals surface area contributed by atoms with E-state index in [9.17, 15) is 0 Å². The number of carboxylic acid groups (broad SMARTS) is 2. The first-order valence-corrected chi connectivity index (χ1v) is 4.81. The van der Waals surface area contributed by atoms with E-state index in [1.165, 1.54) is 0 Å². The second-order valence-electron chi connectivity index (χ2n) is 4.02. The number of aliphatic hydroxyl groups is 4. The smallest absolute Gasteiger partial charge is 1.00 e. The predicted molar refractivity (Wildman–Crippen MR) is 58.2 cm³/mol. The van der Waals surface area contributed by atoms with Gasteiger partial charge >= 0.3 is 51.4 Å². The molecule has 0 atom stereocenters. The number of carbonyl (C=O) groups is 1. The summed E-state index contributed by atoms with van der Waals surface area (Å²) in [5.41, 5.74) is 0. The Kier molecular flexibility index (Phi) is 36.0. The Morgan fingerprint density at radius 2 is 1.42 bits per heavy atom. The maximum atomic E-state index is 8.44. The van der Waals surface area contributed by atoms with Crippen LogP contribution in [0.5, 0.6) is 0 Å². The molecule has 0 aliphatic rings. The fourth-order valence-electron chi connectivity index (χ4n) is 0.358. The van der Waals surface area contributed by atoms with Crippen LogP contribution in [0, 0.1) is 0 Å². The van der Waals surface area contributed by atoms with Gasteiger partial charge in [0.2, 0.25) is 6.16 Å². The van der Waals surface area contributed by atoms with E-state index < -0.39 is 12.3 Å². The number of rotatable bonds is 4. The minimum Gasteiger partial charge on any atom is -1.00 e. The van der Waals surface area contributed by atoms with Crippen molar-refractivity contribution in [3.05, 3.63) is 0 Å². The van der Waals surface area contributed by atoms with Crippen LogP contribution >= 0.6 is 0 Å². The van der Waals surface area contributed by atoms with Crippen molar-refractivity contribution in [2.45, 2.75) is 6.10 Å². The van der Waals surface area contributed by atoms with Crippen LogP contribution in [0.1, 0.15) is 0 Å². The number of quaternary nitrogens is 1. The Bertz CT molecular complexity index is 172. The molecule has 0 saturated heterocycles. The second-order valence-corrected chi connectivity index (χ2v) is 4.02. The summed E-state index contributed by atoms with van der Waals surface area (Å²) < 4.78 is 0.844. The largest absolute Gasteiger partial charge is 1.00 e. The summed E-state index contributed by atoms with van der Waals surface area (Å²) in [6, 6.07) is 0. The van der Waals surface area contributed by atoms with E-state index in [-0.39, 0.29) is 83.6 Å². The molecule has 0 radical (unpaired) electrons. The Morgan fingerprint density at radius 1 is 1.16 bits per heavy atom. The van der Waals surface area contributed by atoms with Crippen LogP contribution in [0.15, 0.2) is 0 Å². The van der Waals surface area contributed by atoms with Gasteiger partial charge in [0.05, 0.1) is 41.0 Å². The summed E-state index contributed by atoms with van der Waals surface area (Å²) in [7, 11) is 6.16. The van der Waals surface area contributed by atoms with Gasteiger partial charge in [-0.2, -0.15) is 0 Å². The zero-order valence-corrected chi connectivity index (χ0v) is 15.7. The van der Waals surface area contributed by atoms with Crippen molar-refractivity contribution in [2.75, 3.05) is 47.5 Å². The Hall–Kier alpha value is 0.996. The van der Waals surface area contributed by atoms with Gasteiger partial charge in [0, 0.05) is 0 Å². The Morgan fingerprint density at radius 3 is 1.42 bits per heavy atom. The van der Waals surface area contributed by atoms with Crippen LogP contribution in [0.3, 0.4) is 0 Å². The van der Waals surface area contributed by atoms with Gasteiger partial charge in [0.1, 0.15) is 12.6 Å². The zero-order valence-electron chi connectivity index (χ0n) is 11.8. The molecule has 10 heteroatoms. The summed E-state index contributed by atoms with van der Waals surface area (Å²) in [5.74, 6) is 0. The Balaban J connectivity index is -0.0000000506. The number of nitrogens with zero attached hydrogens (tertiary/aromatic N) is 1. The Labute approximate surface area is 162 Å². The number of hydrogen-bond acceptors (Lipinski definition) is 6. The van der Waals surface area contributed by atoms with Crippen LogP contribution in [-0.4, -0.2) is 89.8 Å². The molecule has 0 aliphatic carbocycles. The molecule has 0 unspecified atom stereocenters. The molecule has 0 amide bonds. The average Bonchev–Trinajstić information content (AvgIpc) is 2.14. The third-order valence-electron chi connectivity index (χ3n) is 1.19. The van der Waals surface area contributed by atoms with Crippen LogP contribution < -0.4 is 68.9 Å². The van der Waals surface area contributed by atoms with Crippen molar-refractivity contribution >= 4 is 6.16 Å². The molecule has 0 rings (SSSR count). The van der Waals surface area contributed by atoms with Gasteiger partial charge in [-0.25, -0.2) is 0 Å². The van der Waals surface area contributed by atoms with Crippen molar-refractivity contribution in [1.82, 2.24) is 0 Å². The number of hydrogen-bond donors (Lipinski definition) is 5. The van der Waals surface area contributed by atoms with Crippen LogP contribution in [0.25, 0.3) is 0 Å². The first kappa shape index (κ1) is 32.1. The van der Waals surface area contributed by atoms with E-state index in [0.717, 1.165) is 11.0 Å². The topological polar surface area (TPSA) is 141 Å². The first-order chi connectivity index (χ1) is 7.60. The number of likely N-dealkylation sites (N-methyl/N-ethyl adjacent to an activating group) is 1. The van der Waals surface area contributed by atoms with Crippen molar-refractivity contribution in [3.63, 3.8) is 0 Å². The van der Waals surface area contributed by atoms with E-state index in [1.807, 2.05) is 0 Å². The second kappa shape index (κ2) is 21.3. The van der Waals surface area contributed by atoms with Gasteiger partial charge in [-0.3, -0.25) is 0 Å². The quantitative estimate of drug-likeness (QED) is 0.254. The molecule has 0 spiro atoms. The summed E-state index contributed by atoms with van der Waals surface area (Å²) >= 11 is 0. The fourth-order valence-corrected chi connectivity index (χ4v) is 0.358.